The number of rotatable bonds is 6. The van der Waals surface area contributed by atoms with E-state index in [1.807, 2.05) is 0 Å². The van der Waals surface area contributed by atoms with Crippen LogP contribution in [0.1, 0.15) is 19.4 Å². The molecule has 0 aromatic heterocycles. The van der Waals surface area contributed by atoms with E-state index in [9.17, 15) is 19.8 Å². The fourth-order valence-corrected chi connectivity index (χ4v) is 1.93. The van der Waals surface area contributed by atoms with E-state index in [-0.39, 0.29) is 76.7 Å². The van der Waals surface area contributed by atoms with Crippen molar-refractivity contribution >= 4 is 11.9 Å². The molecule has 0 spiro atoms. The average molecular weight is 322 g/mol. The molecular formula is C15H16Na2O5. The zero-order valence-corrected chi connectivity index (χ0v) is 17.6. The van der Waals surface area contributed by atoms with Crippen LogP contribution in [0.4, 0.5) is 0 Å². The van der Waals surface area contributed by atoms with Gasteiger partial charge in [0.1, 0.15) is 5.75 Å². The molecule has 22 heavy (non-hydrogen) atoms. The van der Waals surface area contributed by atoms with Gasteiger partial charge in [0.15, 0.2) is 0 Å². The van der Waals surface area contributed by atoms with Gasteiger partial charge in [-0.15, -0.1) is 0 Å². The number of ether oxygens (including phenoxy) is 1. The predicted octanol–water partition coefficient (Wildman–Crippen LogP) is -6.30. The third kappa shape index (κ3) is 6.86. The standard InChI is InChI=1S/C15H18O5.2Na/c1-9(2)13(15(18)19)12(14(16)17)8-10-4-6-11(20-3)7-5-10;;/h4-7,9H,8H2,1-3H3,(H,16,17)(H,18,19);;/q;2*+1/p-2. The molecular weight excluding hydrogens is 306 g/mol. The quantitative estimate of drug-likeness (QED) is 0.384. The first kappa shape index (κ1) is 24.0. The summed E-state index contributed by atoms with van der Waals surface area (Å²) in [5.74, 6) is -2.80. The molecule has 1 rings (SSSR count). The average Bonchev–Trinajstić information content (AvgIpc) is 2.37. The summed E-state index contributed by atoms with van der Waals surface area (Å²) in [4.78, 5) is 22.3. The zero-order chi connectivity index (χ0) is 15.3. The number of methoxy groups -OCH3 is 1. The molecule has 0 unspecified atom stereocenters. The summed E-state index contributed by atoms with van der Waals surface area (Å²) in [5.41, 5.74) is 0.162. The van der Waals surface area contributed by atoms with Crippen LogP contribution in [0.2, 0.25) is 0 Å². The minimum atomic E-state index is -1.49. The number of carboxylic acid groups (broad SMARTS) is 2. The fourth-order valence-electron chi connectivity index (χ4n) is 1.93. The second kappa shape index (κ2) is 11.3. The molecule has 0 amide bonds. The molecule has 0 fully saturated rings. The first-order valence-corrected chi connectivity index (χ1v) is 6.15. The van der Waals surface area contributed by atoms with Gasteiger partial charge in [0, 0.05) is 0 Å². The van der Waals surface area contributed by atoms with Gasteiger partial charge in [-0.1, -0.05) is 26.0 Å². The van der Waals surface area contributed by atoms with Crippen molar-refractivity contribution in [2.24, 2.45) is 5.92 Å². The molecule has 0 bridgehead atoms. The van der Waals surface area contributed by atoms with E-state index in [1.54, 1.807) is 38.1 Å². The van der Waals surface area contributed by atoms with Gasteiger partial charge in [0.05, 0.1) is 19.0 Å². The number of hydrogen-bond donors (Lipinski definition) is 0. The summed E-state index contributed by atoms with van der Waals surface area (Å²) in [6.45, 7) is 3.20. The molecule has 0 atom stereocenters. The Kier molecular flexibility index (Phi) is 12.3. The second-order valence-electron chi connectivity index (χ2n) is 4.65. The predicted molar refractivity (Wildman–Crippen MR) is 68.6 cm³/mol. The molecule has 0 saturated heterocycles. The van der Waals surface area contributed by atoms with Crippen molar-refractivity contribution in [2.45, 2.75) is 20.3 Å². The van der Waals surface area contributed by atoms with Crippen LogP contribution in [0, 0.1) is 5.92 Å². The van der Waals surface area contributed by atoms with Crippen molar-refractivity contribution in [3.8, 4) is 5.75 Å². The zero-order valence-electron chi connectivity index (χ0n) is 13.6. The summed E-state index contributed by atoms with van der Waals surface area (Å²) in [6.07, 6.45) is -0.0339. The Balaban J connectivity index is 0. The van der Waals surface area contributed by atoms with E-state index in [1.165, 1.54) is 7.11 Å². The smallest absolute Gasteiger partial charge is 0.545 e. The maximum Gasteiger partial charge on any atom is 1.00 e. The van der Waals surface area contributed by atoms with Crippen LogP contribution in [-0.4, -0.2) is 19.0 Å². The Morgan fingerprint density at radius 2 is 1.55 bits per heavy atom. The van der Waals surface area contributed by atoms with E-state index >= 15 is 0 Å². The summed E-state index contributed by atoms with van der Waals surface area (Å²) >= 11 is 0. The number of hydrogen-bond acceptors (Lipinski definition) is 5. The van der Waals surface area contributed by atoms with Gasteiger partial charge in [0.2, 0.25) is 0 Å². The van der Waals surface area contributed by atoms with Gasteiger partial charge < -0.3 is 24.5 Å². The molecule has 0 N–H and O–H groups in total. The monoisotopic (exact) mass is 322 g/mol. The number of aliphatic carboxylic acids is 2. The van der Waals surface area contributed by atoms with Crippen LogP contribution < -0.4 is 74.1 Å². The number of carboxylic acids is 2. The van der Waals surface area contributed by atoms with Crippen molar-refractivity contribution in [3.05, 3.63) is 41.0 Å². The van der Waals surface area contributed by atoms with Crippen LogP contribution in [0.5, 0.6) is 5.75 Å². The maximum atomic E-state index is 11.2. The fraction of sp³-hybridized carbons (Fsp3) is 0.333. The Bertz CT molecular complexity index is 535. The van der Waals surface area contributed by atoms with Crippen LogP contribution in [0.3, 0.4) is 0 Å². The van der Waals surface area contributed by atoms with Crippen molar-refractivity contribution in [2.75, 3.05) is 7.11 Å². The normalized spacial score (nSPS) is 10.9. The van der Waals surface area contributed by atoms with E-state index in [2.05, 4.69) is 0 Å². The Hall–Kier alpha value is -0.300. The molecule has 0 aliphatic heterocycles. The van der Waals surface area contributed by atoms with Crippen molar-refractivity contribution in [1.82, 2.24) is 0 Å². The number of benzene rings is 1. The van der Waals surface area contributed by atoms with Crippen molar-refractivity contribution < 1.29 is 83.7 Å². The molecule has 108 valence electrons. The molecule has 5 nitrogen and oxygen atoms in total. The van der Waals surface area contributed by atoms with E-state index < -0.39 is 17.9 Å². The summed E-state index contributed by atoms with van der Waals surface area (Å²) in [7, 11) is 1.52. The topological polar surface area (TPSA) is 89.5 Å². The van der Waals surface area contributed by atoms with Crippen molar-refractivity contribution in [1.29, 1.82) is 0 Å². The van der Waals surface area contributed by atoms with Crippen LogP contribution in [-0.2, 0) is 16.0 Å². The molecule has 1 aromatic carbocycles. The van der Waals surface area contributed by atoms with Crippen LogP contribution in [0.15, 0.2) is 35.4 Å². The summed E-state index contributed by atoms with van der Waals surface area (Å²) < 4.78 is 5.00. The SMILES string of the molecule is COc1ccc(CC(C(=O)[O-])=C(C(=O)[O-])C(C)C)cc1.[Na+].[Na+]. The minimum Gasteiger partial charge on any atom is -0.545 e. The first-order chi connectivity index (χ1) is 9.36. The molecule has 0 aliphatic carbocycles. The molecule has 7 heteroatoms. The maximum absolute atomic E-state index is 11.2. The third-order valence-electron chi connectivity index (χ3n) is 2.91. The number of carbonyl (C=O) groups excluding carboxylic acids is 2. The van der Waals surface area contributed by atoms with Crippen molar-refractivity contribution in [3.63, 3.8) is 0 Å². The molecule has 0 heterocycles. The third-order valence-corrected chi connectivity index (χ3v) is 2.91. The first-order valence-electron chi connectivity index (χ1n) is 6.15. The number of carbonyl (C=O) groups is 2. The van der Waals surface area contributed by atoms with Gasteiger partial charge >= 0.3 is 59.1 Å². The molecule has 0 radical (unpaired) electrons. The summed E-state index contributed by atoms with van der Waals surface area (Å²) in [5, 5.41) is 22.3. The molecule has 1 aromatic rings. The van der Waals surface area contributed by atoms with E-state index in [0.717, 1.165) is 0 Å². The summed E-state index contributed by atoms with van der Waals surface area (Å²) in [6, 6.07) is 6.70. The van der Waals surface area contributed by atoms with Crippen LogP contribution in [0.25, 0.3) is 0 Å². The van der Waals surface area contributed by atoms with E-state index in [4.69, 9.17) is 4.74 Å². The Morgan fingerprint density at radius 3 is 1.86 bits per heavy atom. The minimum absolute atomic E-state index is 0. The van der Waals surface area contributed by atoms with Gasteiger partial charge in [-0.25, -0.2) is 0 Å². The Morgan fingerprint density at radius 1 is 1.05 bits per heavy atom. The van der Waals surface area contributed by atoms with Gasteiger partial charge in [-0.2, -0.15) is 0 Å². The second-order valence-corrected chi connectivity index (χ2v) is 4.65. The van der Waals surface area contributed by atoms with Crippen LogP contribution >= 0.6 is 0 Å². The molecule has 0 saturated carbocycles. The Labute approximate surface area is 174 Å². The van der Waals surface area contributed by atoms with Gasteiger partial charge in [-0.3, -0.25) is 0 Å². The van der Waals surface area contributed by atoms with Gasteiger partial charge in [0.25, 0.3) is 0 Å². The van der Waals surface area contributed by atoms with Gasteiger partial charge in [-0.05, 0) is 41.2 Å². The largest absolute Gasteiger partial charge is 1.00 e. The molecule has 0 aliphatic rings. The van der Waals surface area contributed by atoms with E-state index in [0.29, 0.717) is 11.3 Å².